The molecule has 0 bridgehead atoms. The van der Waals surface area contributed by atoms with E-state index in [1.807, 2.05) is 4.72 Å². The Labute approximate surface area is 146 Å². The molecule has 1 amide bonds. The number of sulfonamides is 1. The average Bonchev–Trinajstić information content (AvgIpc) is 3.04. The molecule has 0 fully saturated rings. The van der Waals surface area contributed by atoms with E-state index in [2.05, 4.69) is 15.0 Å². The molecular weight excluding hydrogens is 367 g/mol. The maximum atomic E-state index is 13.3. The summed E-state index contributed by atoms with van der Waals surface area (Å²) in [6, 6.07) is 5.72. The van der Waals surface area contributed by atoms with E-state index in [4.69, 9.17) is 0 Å². The van der Waals surface area contributed by atoms with Crippen molar-refractivity contribution in [1.82, 2.24) is 19.7 Å². The van der Waals surface area contributed by atoms with Crippen molar-refractivity contribution in [3.8, 4) is 21.1 Å². The lowest BCUT2D eigenvalue weighted by Gasteiger charge is -2.04. The Morgan fingerprint density at radius 2 is 2.04 bits per heavy atom. The van der Waals surface area contributed by atoms with Crippen molar-refractivity contribution in [3.63, 3.8) is 0 Å². The first-order valence-corrected chi connectivity index (χ1v) is 9.23. The zero-order valence-corrected chi connectivity index (χ0v) is 14.4. The van der Waals surface area contributed by atoms with Gasteiger partial charge in [0.25, 0.3) is 10.0 Å². The molecule has 3 aromatic rings. The van der Waals surface area contributed by atoms with E-state index in [1.165, 1.54) is 41.9 Å². The summed E-state index contributed by atoms with van der Waals surface area (Å²) in [5, 5.41) is 0.251. The van der Waals surface area contributed by atoms with E-state index in [1.54, 1.807) is 6.07 Å². The van der Waals surface area contributed by atoms with Gasteiger partial charge in [-0.15, -0.1) is 11.3 Å². The zero-order valence-electron chi connectivity index (χ0n) is 12.8. The van der Waals surface area contributed by atoms with Crippen LogP contribution in [0, 0.1) is 5.82 Å². The number of nitrogens with one attached hydrogen (secondary N) is 1. The summed E-state index contributed by atoms with van der Waals surface area (Å²) in [6.45, 7) is 1.10. The van der Waals surface area contributed by atoms with Gasteiger partial charge in [0.05, 0.1) is 16.8 Å². The lowest BCUT2D eigenvalue weighted by atomic mass is 10.3. The molecule has 0 aliphatic heterocycles. The van der Waals surface area contributed by atoms with E-state index < -0.39 is 21.7 Å². The van der Waals surface area contributed by atoms with Crippen LogP contribution in [0.2, 0.25) is 0 Å². The second-order valence-electron chi connectivity index (χ2n) is 4.94. The van der Waals surface area contributed by atoms with Gasteiger partial charge in [-0.2, -0.15) is 8.42 Å². The Kier molecular flexibility index (Phi) is 4.55. The number of aromatic nitrogens is 3. The fourth-order valence-electron chi connectivity index (χ4n) is 2.00. The summed E-state index contributed by atoms with van der Waals surface area (Å²) >= 11 is 1.22. The lowest BCUT2D eigenvalue weighted by molar-refractivity contribution is -0.117. The van der Waals surface area contributed by atoms with Crippen molar-refractivity contribution in [2.75, 3.05) is 0 Å². The first kappa shape index (κ1) is 17.1. The molecule has 1 N–H and O–H groups in total. The molecule has 0 spiro atoms. The maximum absolute atomic E-state index is 13.3. The van der Waals surface area contributed by atoms with Crippen molar-refractivity contribution in [2.45, 2.75) is 11.9 Å². The van der Waals surface area contributed by atoms with Gasteiger partial charge >= 0.3 is 0 Å². The second kappa shape index (κ2) is 6.65. The Balaban J connectivity index is 1.96. The third-order valence-electron chi connectivity index (χ3n) is 2.99. The fraction of sp³-hybridized carbons (Fsp3) is 0.0667. The number of thiazole rings is 1. The Morgan fingerprint density at radius 3 is 2.76 bits per heavy atom. The van der Waals surface area contributed by atoms with Gasteiger partial charge in [0.1, 0.15) is 10.8 Å². The van der Waals surface area contributed by atoms with Gasteiger partial charge < -0.3 is 0 Å². The Morgan fingerprint density at radius 1 is 1.24 bits per heavy atom. The topological polar surface area (TPSA) is 102 Å². The number of hydrogen-bond donors (Lipinski definition) is 1. The number of rotatable bonds is 4. The van der Waals surface area contributed by atoms with Crippen LogP contribution in [0.4, 0.5) is 4.39 Å². The molecule has 0 aromatic carbocycles. The monoisotopic (exact) mass is 378 g/mol. The molecule has 3 heterocycles. The van der Waals surface area contributed by atoms with Gasteiger partial charge in [-0.1, -0.05) is 6.07 Å². The minimum atomic E-state index is -4.03. The number of nitrogens with zero attached hydrogens (tertiary/aromatic N) is 3. The predicted molar refractivity (Wildman–Crippen MR) is 89.5 cm³/mol. The molecule has 25 heavy (non-hydrogen) atoms. The average molecular weight is 378 g/mol. The highest BCUT2D eigenvalue weighted by atomic mass is 32.2. The zero-order chi connectivity index (χ0) is 18.0. The van der Waals surface area contributed by atoms with Gasteiger partial charge in [-0.3, -0.25) is 9.78 Å². The SMILES string of the molecule is CC(=O)NS(=O)(=O)c1cccc(-c2cnc(-c3cncc(F)c3)s2)n1. The number of carbonyl (C=O) groups excluding carboxylic acids is 1. The standard InChI is InChI=1S/C15H11FN4O3S2/c1-9(21)20-25(22,23)14-4-2-3-12(19-14)13-8-18-15(24-13)10-5-11(16)7-17-6-10/h2-8H,1H3,(H,20,21). The highest BCUT2D eigenvalue weighted by Gasteiger charge is 2.18. The van der Waals surface area contributed by atoms with Crippen LogP contribution in [0.1, 0.15) is 6.92 Å². The summed E-state index contributed by atoms with van der Waals surface area (Å²) in [5.41, 5.74) is 0.887. The van der Waals surface area contributed by atoms with Crippen molar-refractivity contribution >= 4 is 27.3 Å². The van der Waals surface area contributed by atoms with Crippen LogP contribution in [-0.2, 0) is 14.8 Å². The molecule has 0 atom stereocenters. The summed E-state index contributed by atoms with van der Waals surface area (Å²) in [6.07, 6.45) is 4.09. The summed E-state index contributed by atoms with van der Waals surface area (Å²) in [5.74, 6) is -1.18. The van der Waals surface area contributed by atoms with E-state index in [9.17, 15) is 17.6 Å². The highest BCUT2D eigenvalue weighted by molar-refractivity contribution is 7.90. The molecule has 128 valence electrons. The number of amides is 1. The normalized spacial score (nSPS) is 11.3. The molecule has 7 nitrogen and oxygen atoms in total. The number of hydrogen-bond acceptors (Lipinski definition) is 7. The van der Waals surface area contributed by atoms with Gasteiger partial charge in [0.2, 0.25) is 5.91 Å². The molecule has 0 aliphatic rings. The molecule has 0 unspecified atom stereocenters. The van der Waals surface area contributed by atoms with Gasteiger partial charge in [-0.05, 0) is 18.2 Å². The van der Waals surface area contributed by atoms with E-state index in [0.29, 0.717) is 21.1 Å². The Bertz CT molecular complexity index is 1050. The summed E-state index contributed by atoms with van der Waals surface area (Å²) in [7, 11) is -4.03. The molecule has 0 radical (unpaired) electrons. The number of halogens is 1. The van der Waals surface area contributed by atoms with Crippen LogP contribution >= 0.6 is 11.3 Å². The van der Waals surface area contributed by atoms with Crippen LogP contribution in [0.15, 0.2) is 47.9 Å². The van der Waals surface area contributed by atoms with Crippen LogP contribution in [-0.4, -0.2) is 29.3 Å². The van der Waals surface area contributed by atoms with Crippen molar-refractivity contribution in [1.29, 1.82) is 0 Å². The smallest absolute Gasteiger partial charge is 0.274 e. The molecule has 3 aromatic heterocycles. The molecule has 10 heteroatoms. The summed E-state index contributed by atoms with van der Waals surface area (Å²) in [4.78, 5) is 23.6. The van der Waals surface area contributed by atoms with Crippen LogP contribution in [0.3, 0.4) is 0 Å². The molecule has 3 rings (SSSR count). The van der Waals surface area contributed by atoms with Crippen LogP contribution < -0.4 is 4.72 Å². The lowest BCUT2D eigenvalue weighted by Crippen LogP contribution is -2.28. The largest absolute Gasteiger partial charge is 0.281 e. The quantitative estimate of drug-likeness (QED) is 0.747. The van der Waals surface area contributed by atoms with Gasteiger partial charge in [-0.25, -0.2) is 19.1 Å². The van der Waals surface area contributed by atoms with Crippen LogP contribution in [0.5, 0.6) is 0 Å². The highest BCUT2D eigenvalue weighted by Crippen LogP contribution is 2.31. The first-order chi connectivity index (χ1) is 11.8. The third-order valence-corrected chi connectivity index (χ3v) is 5.39. The van der Waals surface area contributed by atoms with Crippen molar-refractivity contribution < 1.29 is 17.6 Å². The van der Waals surface area contributed by atoms with E-state index in [0.717, 1.165) is 13.1 Å². The number of carbonyl (C=O) groups is 1. The maximum Gasteiger partial charge on any atom is 0.281 e. The first-order valence-electron chi connectivity index (χ1n) is 6.93. The van der Waals surface area contributed by atoms with Crippen molar-refractivity contribution in [3.05, 3.63) is 48.7 Å². The molecule has 0 saturated heterocycles. The second-order valence-corrected chi connectivity index (χ2v) is 7.60. The molecule has 0 saturated carbocycles. The summed E-state index contributed by atoms with van der Waals surface area (Å²) < 4.78 is 39.2. The van der Waals surface area contributed by atoms with Gasteiger partial charge in [0, 0.05) is 24.9 Å². The third kappa shape index (κ3) is 3.86. The molecule has 0 aliphatic carbocycles. The van der Waals surface area contributed by atoms with E-state index in [-0.39, 0.29) is 5.03 Å². The number of pyridine rings is 2. The fourth-order valence-corrected chi connectivity index (χ4v) is 3.82. The van der Waals surface area contributed by atoms with E-state index >= 15 is 0 Å². The van der Waals surface area contributed by atoms with Gasteiger partial charge in [0.15, 0.2) is 5.03 Å². The molecular formula is C15H11FN4O3S2. The predicted octanol–water partition coefficient (Wildman–Crippen LogP) is 2.23. The van der Waals surface area contributed by atoms with Crippen molar-refractivity contribution in [2.24, 2.45) is 0 Å². The van der Waals surface area contributed by atoms with Crippen LogP contribution in [0.25, 0.3) is 21.1 Å². The minimum Gasteiger partial charge on any atom is -0.274 e. The minimum absolute atomic E-state index is 0.275. The Hall–Kier alpha value is -2.72.